The molecule has 3 rings (SSSR count). The number of fused-ring (bicyclic) bond motifs is 1. The summed E-state index contributed by atoms with van der Waals surface area (Å²) in [6.07, 6.45) is 0.247. The molecule has 1 N–H and O–H groups in total. The van der Waals surface area contributed by atoms with Crippen molar-refractivity contribution in [1.29, 1.82) is 0 Å². The SMILES string of the molecule is COC(=O)c1sc(NC(=O)Cc2ccc3ccccc3c2)nc1C. The van der Waals surface area contributed by atoms with E-state index >= 15 is 0 Å². The van der Waals surface area contributed by atoms with Gasteiger partial charge in [0.25, 0.3) is 0 Å². The molecule has 0 fully saturated rings. The van der Waals surface area contributed by atoms with Crippen LogP contribution in [0, 0.1) is 6.92 Å². The summed E-state index contributed by atoms with van der Waals surface area (Å²) in [6.45, 7) is 1.71. The van der Waals surface area contributed by atoms with Crippen LogP contribution in [0.2, 0.25) is 0 Å². The molecular formula is C18H16N2O3S. The molecule has 0 unspecified atom stereocenters. The molecule has 24 heavy (non-hydrogen) atoms. The molecule has 3 aromatic rings. The zero-order valence-electron chi connectivity index (χ0n) is 13.3. The van der Waals surface area contributed by atoms with Gasteiger partial charge in [-0.2, -0.15) is 0 Å². The van der Waals surface area contributed by atoms with E-state index in [4.69, 9.17) is 4.74 Å². The zero-order chi connectivity index (χ0) is 17.1. The van der Waals surface area contributed by atoms with Gasteiger partial charge in [-0.1, -0.05) is 53.8 Å². The standard InChI is InChI=1S/C18H16N2O3S/c1-11-16(17(22)23-2)24-18(19-11)20-15(21)10-12-7-8-13-5-3-4-6-14(13)9-12/h3-9H,10H2,1-2H3,(H,19,20,21). The highest BCUT2D eigenvalue weighted by Gasteiger charge is 2.17. The number of esters is 1. The number of ether oxygens (including phenoxy) is 1. The van der Waals surface area contributed by atoms with Crippen LogP contribution in [-0.4, -0.2) is 24.0 Å². The van der Waals surface area contributed by atoms with E-state index in [9.17, 15) is 9.59 Å². The third kappa shape index (κ3) is 3.44. The first-order valence-corrected chi connectivity index (χ1v) is 8.22. The molecule has 0 aliphatic carbocycles. The lowest BCUT2D eigenvalue weighted by Gasteiger charge is -2.04. The molecule has 1 aromatic heterocycles. The van der Waals surface area contributed by atoms with Crippen LogP contribution in [-0.2, 0) is 16.0 Å². The normalized spacial score (nSPS) is 10.6. The predicted octanol–water partition coefficient (Wildman–Crippen LogP) is 3.57. The fraction of sp³-hybridized carbons (Fsp3) is 0.167. The lowest BCUT2D eigenvalue weighted by molar-refractivity contribution is -0.115. The van der Waals surface area contributed by atoms with Gasteiger partial charge in [-0.3, -0.25) is 4.79 Å². The van der Waals surface area contributed by atoms with Crippen LogP contribution in [0.5, 0.6) is 0 Å². The number of nitrogens with one attached hydrogen (secondary N) is 1. The highest BCUT2D eigenvalue weighted by molar-refractivity contribution is 7.17. The summed E-state index contributed by atoms with van der Waals surface area (Å²) >= 11 is 1.12. The first-order valence-electron chi connectivity index (χ1n) is 7.40. The average molecular weight is 340 g/mol. The molecule has 0 atom stereocenters. The Labute approximate surface area is 143 Å². The summed E-state index contributed by atoms with van der Waals surface area (Å²) in [6, 6.07) is 13.9. The molecule has 0 saturated heterocycles. The fourth-order valence-electron chi connectivity index (χ4n) is 2.43. The molecule has 0 saturated carbocycles. The average Bonchev–Trinajstić information content (AvgIpc) is 2.94. The minimum atomic E-state index is -0.444. The first-order chi connectivity index (χ1) is 11.6. The van der Waals surface area contributed by atoms with Crippen molar-refractivity contribution >= 4 is 39.1 Å². The molecule has 122 valence electrons. The Bertz CT molecular complexity index is 918. The third-order valence-corrected chi connectivity index (χ3v) is 4.65. The summed E-state index contributed by atoms with van der Waals surface area (Å²) in [5.41, 5.74) is 1.47. The maximum Gasteiger partial charge on any atom is 0.350 e. The maximum atomic E-state index is 12.2. The Morgan fingerprint density at radius 3 is 2.67 bits per heavy atom. The summed E-state index contributed by atoms with van der Waals surface area (Å²) in [7, 11) is 1.32. The number of benzene rings is 2. The fourth-order valence-corrected chi connectivity index (χ4v) is 3.33. The maximum absolute atomic E-state index is 12.2. The molecule has 6 heteroatoms. The monoisotopic (exact) mass is 340 g/mol. The molecule has 0 aliphatic heterocycles. The van der Waals surface area contributed by atoms with E-state index in [1.54, 1.807) is 6.92 Å². The van der Waals surface area contributed by atoms with Crippen LogP contribution in [0.25, 0.3) is 10.8 Å². The number of carbonyl (C=O) groups is 2. The van der Waals surface area contributed by atoms with E-state index in [-0.39, 0.29) is 12.3 Å². The third-order valence-electron chi connectivity index (χ3n) is 3.59. The quantitative estimate of drug-likeness (QED) is 0.737. The number of amides is 1. The topological polar surface area (TPSA) is 68.3 Å². The molecular weight excluding hydrogens is 324 g/mol. The first kappa shape index (κ1) is 16.1. The van der Waals surface area contributed by atoms with Gasteiger partial charge < -0.3 is 10.1 Å². The highest BCUT2D eigenvalue weighted by atomic mass is 32.1. The zero-order valence-corrected chi connectivity index (χ0v) is 14.1. The number of nitrogens with zero attached hydrogens (tertiary/aromatic N) is 1. The van der Waals surface area contributed by atoms with Crippen molar-refractivity contribution in [2.24, 2.45) is 0 Å². The Morgan fingerprint density at radius 1 is 1.17 bits per heavy atom. The van der Waals surface area contributed by atoms with Gasteiger partial charge in [0.2, 0.25) is 5.91 Å². The van der Waals surface area contributed by atoms with Gasteiger partial charge in [0, 0.05) is 0 Å². The van der Waals surface area contributed by atoms with Crippen LogP contribution in [0.4, 0.5) is 5.13 Å². The molecule has 0 bridgehead atoms. The molecule has 2 aromatic carbocycles. The van der Waals surface area contributed by atoms with Gasteiger partial charge >= 0.3 is 5.97 Å². The van der Waals surface area contributed by atoms with Crippen LogP contribution in [0.1, 0.15) is 20.9 Å². The van der Waals surface area contributed by atoms with E-state index in [0.29, 0.717) is 15.7 Å². The number of rotatable bonds is 4. The van der Waals surface area contributed by atoms with Crippen LogP contribution in [0.3, 0.4) is 0 Å². The lowest BCUT2D eigenvalue weighted by atomic mass is 10.1. The second-order valence-corrected chi connectivity index (χ2v) is 6.33. The van der Waals surface area contributed by atoms with Gasteiger partial charge in [0.15, 0.2) is 5.13 Å². The van der Waals surface area contributed by atoms with E-state index in [1.807, 2.05) is 42.5 Å². The summed E-state index contributed by atoms with van der Waals surface area (Å²) < 4.78 is 4.69. The van der Waals surface area contributed by atoms with Gasteiger partial charge in [0.1, 0.15) is 4.88 Å². The van der Waals surface area contributed by atoms with Gasteiger partial charge in [0.05, 0.1) is 19.2 Å². The summed E-state index contributed by atoms with van der Waals surface area (Å²) in [5.74, 6) is -0.615. The molecule has 0 radical (unpaired) electrons. The van der Waals surface area contributed by atoms with Crippen molar-refractivity contribution in [3.63, 3.8) is 0 Å². The molecule has 0 aliphatic rings. The predicted molar refractivity (Wildman–Crippen MR) is 94.5 cm³/mol. The van der Waals surface area contributed by atoms with E-state index in [2.05, 4.69) is 10.3 Å². The van der Waals surface area contributed by atoms with Gasteiger partial charge in [-0.05, 0) is 23.3 Å². The highest BCUT2D eigenvalue weighted by Crippen LogP contribution is 2.23. The number of thiazole rings is 1. The number of hydrogen-bond donors (Lipinski definition) is 1. The van der Waals surface area contributed by atoms with Crippen molar-refractivity contribution in [3.05, 3.63) is 58.6 Å². The summed E-state index contributed by atoms with van der Waals surface area (Å²) in [5, 5.41) is 5.38. The number of aromatic nitrogens is 1. The van der Waals surface area contributed by atoms with Crippen LogP contribution < -0.4 is 5.32 Å². The van der Waals surface area contributed by atoms with Crippen molar-refractivity contribution in [2.45, 2.75) is 13.3 Å². The lowest BCUT2D eigenvalue weighted by Crippen LogP contribution is -2.14. The van der Waals surface area contributed by atoms with E-state index in [0.717, 1.165) is 27.7 Å². The van der Waals surface area contributed by atoms with Crippen molar-refractivity contribution < 1.29 is 14.3 Å². The Morgan fingerprint density at radius 2 is 1.92 bits per heavy atom. The molecule has 1 amide bonds. The second kappa shape index (κ2) is 6.80. The number of aryl methyl sites for hydroxylation is 1. The van der Waals surface area contributed by atoms with Crippen LogP contribution >= 0.6 is 11.3 Å². The smallest absolute Gasteiger partial charge is 0.350 e. The number of anilines is 1. The van der Waals surface area contributed by atoms with Gasteiger partial charge in [-0.15, -0.1) is 0 Å². The Kier molecular flexibility index (Phi) is 4.57. The van der Waals surface area contributed by atoms with Crippen molar-refractivity contribution in [2.75, 3.05) is 12.4 Å². The largest absolute Gasteiger partial charge is 0.465 e. The minimum absolute atomic E-state index is 0.171. The Hall–Kier alpha value is -2.73. The Balaban J connectivity index is 1.71. The van der Waals surface area contributed by atoms with Crippen molar-refractivity contribution in [3.8, 4) is 0 Å². The summed E-state index contributed by atoms with van der Waals surface area (Å²) in [4.78, 5) is 28.4. The molecule has 0 spiro atoms. The number of methoxy groups -OCH3 is 1. The minimum Gasteiger partial charge on any atom is -0.465 e. The number of carbonyl (C=O) groups excluding carboxylic acids is 2. The second-order valence-electron chi connectivity index (χ2n) is 5.33. The molecule has 1 heterocycles. The number of hydrogen-bond acceptors (Lipinski definition) is 5. The molecule has 5 nitrogen and oxygen atoms in total. The van der Waals surface area contributed by atoms with Crippen LogP contribution in [0.15, 0.2) is 42.5 Å². The van der Waals surface area contributed by atoms with E-state index in [1.165, 1.54) is 7.11 Å². The van der Waals surface area contributed by atoms with Gasteiger partial charge in [-0.25, -0.2) is 9.78 Å². The van der Waals surface area contributed by atoms with E-state index < -0.39 is 5.97 Å². The van der Waals surface area contributed by atoms with Crippen molar-refractivity contribution in [1.82, 2.24) is 4.98 Å².